The number of aromatic nitrogens is 2. The second-order valence-corrected chi connectivity index (χ2v) is 5.78. The van der Waals surface area contributed by atoms with Gasteiger partial charge in [0.1, 0.15) is 0 Å². The van der Waals surface area contributed by atoms with Crippen molar-refractivity contribution in [2.75, 3.05) is 0 Å². The van der Waals surface area contributed by atoms with Crippen molar-refractivity contribution in [1.82, 2.24) is 9.38 Å². The van der Waals surface area contributed by atoms with E-state index in [1.165, 1.54) is 11.3 Å². The molecule has 0 N–H and O–H groups in total. The largest absolute Gasteiger partial charge is 0.402 e. The first kappa shape index (κ1) is 13.2. The van der Waals surface area contributed by atoms with Gasteiger partial charge in [0.25, 0.3) is 0 Å². The van der Waals surface area contributed by atoms with Gasteiger partial charge in [0, 0.05) is 17.1 Å². The molecule has 5 nitrogen and oxygen atoms in total. The van der Waals surface area contributed by atoms with E-state index in [1.807, 2.05) is 46.3 Å². The van der Waals surface area contributed by atoms with Crippen LogP contribution in [0.4, 0.5) is 0 Å². The lowest BCUT2D eigenvalue weighted by Crippen LogP contribution is -2.05. The Morgan fingerprint density at radius 3 is 2.91 bits per heavy atom. The first-order valence-corrected chi connectivity index (χ1v) is 7.67. The van der Waals surface area contributed by atoms with Crippen molar-refractivity contribution >= 4 is 45.8 Å². The maximum absolute atomic E-state index is 12.0. The van der Waals surface area contributed by atoms with Crippen molar-refractivity contribution < 1.29 is 9.53 Å². The van der Waals surface area contributed by atoms with Crippen LogP contribution >= 0.6 is 22.9 Å². The van der Waals surface area contributed by atoms with Crippen molar-refractivity contribution in [2.45, 2.75) is 0 Å². The highest BCUT2D eigenvalue weighted by Crippen LogP contribution is 2.26. The van der Waals surface area contributed by atoms with Gasteiger partial charge >= 0.3 is 5.97 Å². The number of carbonyl (C=O) groups excluding carboxylic acids is 1. The molecule has 1 aliphatic heterocycles. The Bertz CT molecular complexity index is 940. The number of esters is 1. The van der Waals surface area contributed by atoms with Crippen molar-refractivity contribution in [3.05, 3.63) is 64.0 Å². The number of thiazole rings is 1. The zero-order chi connectivity index (χ0) is 15.1. The Kier molecular flexibility index (Phi) is 3.06. The molecule has 0 unspecified atom stereocenters. The van der Waals surface area contributed by atoms with Gasteiger partial charge in [-0.1, -0.05) is 29.8 Å². The zero-order valence-corrected chi connectivity index (χ0v) is 12.6. The zero-order valence-electron chi connectivity index (χ0n) is 11.1. The summed E-state index contributed by atoms with van der Waals surface area (Å²) in [6, 6.07) is 9.26. The summed E-state index contributed by atoms with van der Waals surface area (Å²) in [6.07, 6.45) is 3.43. The number of carbonyl (C=O) groups is 1. The van der Waals surface area contributed by atoms with Gasteiger partial charge in [-0.25, -0.2) is 14.8 Å². The van der Waals surface area contributed by atoms with Crippen LogP contribution in [0.2, 0.25) is 5.15 Å². The van der Waals surface area contributed by atoms with Gasteiger partial charge in [-0.2, -0.15) is 0 Å². The summed E-state index contributed by atoms with van der Waals surface area (Å²) in [7, 11) is 0. The van der Waals surface area contributed by atoms with E-state index < -0.39 is 5.97 Å². The predicted octanol–water partition coefficient (Wildman–Crippen LogP) is 3.39. The second-order valence-electron chi connectivity index (χ2n) is 4.55. The van der Waals surface area contributed by atoms with Crippen LogP contribution in [-0.2, 0) is 9.53 Å². The number of fused-ring (bicyclic) bond motifs is 1. The number of halogens is 1. The second kappa shape index (κ2) is 5.08. The third-order valence-corrected chi connectivity index (χ3v) is 4.20. The quantitative estimate of drug-likeness (QED) is 0.535. The van der Waals surface area contributed by atoms with Crippen LogP contribution in [-0.4, -0.2) is 21.3 Å². The molecular formula is C15H8ClN3O2S. The van der Waals surface area contributed by atoms with Crippen LogP contribution in [0.25, 0.3) is 11.0 Å². The Labute approximate surface area is 134 Å². The van der Waals surface area contributed by atoms with Gasteiger partial charge < -0.3 is 4.74 Å². The minimum absolute atomic E-state index is 0.203. The third kappa shape index (κ3) is 2.13. The average molecular weight is 330 g/mol. The maximum atomic E-state index is 12.0. The number of cyclic esters (lactones) is 1. The van der Waals surface area contributed by atoms with Crippen LogP contribution in [0.15, 0.2) is 52.6 Å². The Balaban J connectivity index is 1.79. The van der Waals surface area contributed by atoms with Crippen LogP contribution in [0.5, 0.6) is 0 Å². The van der Waals surface area contributed by atoms with E-state index in [9.17, 15) is 4.79 Å². The van der Waals surface area contributed by atoms with E-state index in [0.29, 0.717) is 16.7 Å². The van der Waals surface area contributed by atoms with E-state index >= 15 is 0 Å². The lowest BCUT2D eigenvalue weighted by molar-refractivity contribution is -0.129. The van der Waals surface area contributed by atoms with Crippen LogP contribution in [0.3, 0.4) is 0 Å². The molecule has 22 heavy (non-hydrogen) atoms. The average Bonchev–Trinajstić information content (AvgIpc) is 3.19. The number of benzene rings is 1. The summed E-state index contributed by atoms with van der Waals surface area (Å²) in [4.78, 5) is 21.2. The minimum atomic E-state index is -0.500. The summed E-state index contributed by atoms with van der Waals surface area (Å²) in [6.45, 7) is 0. The molecule has 7 heteroatoms. The van der Waals surface area contributed by atoms with E-state index in [2.05, 4.69) is 9.98 Å². The summed E-state index contributed by atoms with van der Waals surface area (Å²) < 4.78 is 7.02. The molecule has 108 valence electrons. The van der Waals surface area contributed by atoms with Gasteiger partial charge in [0.05, 0.1) is 5.69 Å². The highest BCUT2D eigenvalue weighted by molar-refractivity contribution is 7.15. The number of ether oxygens (including phenoxy) is 1. The Morgan fingerprint density at radius 2 is 2.09 bits per heavy atom. The highest BCUT2D eigenvalue weighted by Gasteiger charge is 2.25. The number of nitrogens with zero attached hydrogens (tertiary/aromatic N) is 3. The molecule has 3 heterocycles. The van der Waals surface area contributed by atoms with E-state index in [4.69, 9.17) is 16.3 Å². The molecule has 2 aromatic heterocycles. The van der Waals surface area contributed by atoms with Gasteiger partial charge in [-0.05, 0) is 18.2 Å². The molecule has 0 atom stereocenters. The maximum Gasteiger partial charge on any atom is 0.363 e. The molecule has 1 aliphatic rings. The van der Waals surface area contributed by atoms with Crippen LogP contribution in [0.1, 0.15) is 11.3 Å². The van der Waals surface area contributed by atoms with E-state index in [0.717, 1.165) is 10.5 Å². The molecule has 0 amide bonds. The van der Waals surface area contributed by atoms with E-state index in [-0.39, 0.29) is 5.70 Å². The van der Waals surface area contributed by atoms with Crippen molar-refractivity contribution in [2.24, 2.45) is 4.99 Å². The third-order valence-electron chi connectivity index (χ3n) is 3.17. The monoisotopic (exact) mass is 329 g/mol. The molecule has 3 aromatic rings. The van der Waals surface area contributed by atoms with Gasteiger partial charge in [0.15, 0.2) is 15.8 Å². The SMILES string of the molecule is O=C1OC(c2ccccc2)=NC1=Cc1c(Cl)nc2sccn12. The molecule has 0 radical (unpaired) electrons. The fourth-order valence-electron chi connectivity index (χ4n) is 2.15. The Hall–Kier alpha value is -2.44. The lowest BCUT2D eigenvalue weighted by atomic mass is 10.2. The van der Waals surface area contributed by atoms with Gasteiger partial charge in [-0.3, -0.25) is 4.40 Å². The number of hydrogen-bond donors (Lipinski definition) is 0. The molecule has 0 aliphatic carbocycles. The topological polar surface area (TPSA) is 56.0 Å². The summed E-state index contributed by atoms with van der Waals surface area (Å²) in [5.41, 5.74) is 1.57. The number of rotatable bonds is 2. The number of hydrogen-bond acceptors (Lipinski definition) is 5. The normalized spacial score (nSPS) is 16.3. The smallest absolute Gasteiger partial charge is 0.363 e. The minimum Gasteiger partial charge on any atom is -0.402 e. The number of aliphatic imine (C=N–C) groups is 1. The van der Waals surface area contributed by atoms with Crippen molar-refractivity contribution in [1.29, 1.82) is 0 Å². The van der Waals surface area contributed by atoms with Gasteiger partial charge in [0.2, 0.25) is 5.90 Å². The Morgan fingerprint density at radius 1 is 1.27 bits per heavy atom. The fourth-order valence-corrected chi connectivity index (χ4v) is 3.15. The lowest BCUT2D eigenvalue weighted by Gasteiger charge is -1.97. The first-order valence-electron chi connectivity index (χ1n) is 6.41. The van der Waals surface area contributed by atoms with Crippen LogP contribution < -0.4 is 0 Å². The standard InChI is InChI=1S/C15H8ClN3O2S/c16-12-11(19-6-7-22-15(19)18-12)8-10-14(20)21-13(17-10)9-4-2-1-3-5-9/h1-8H. The molecule has 4 rings (SSSR count). The molecular weight excluding hydrogens is 322 g/mol. The van der Waals surface area contributed by atoms with E-state index in [1.54, 1.807) is 6.08 Å². The van der Waals surface area contributed by atoms with Crippen molar-refractivity contribution in [3.8, 4) is 0 Å². The molecule has 0 saturated heterocycles. The highest BCUT2D eigenvalue weighted by atomic mass is 35.5. The number of imidazole rings is 1. The molecule has 0 saturated carbocycles. The molecule has 1 aromatic carbocycles. The van der Waals surface area contributed by atoms with Crippen molar-refractivity contribution in [3.63, 3.8) is 0 Å². The fraction of sp³-hybridized carbons (Fsp3) is 0. The summed E-state index contributed by atoms with van der Waals surface area (Å²) in [5.74, 6) is -0.209. The molecule has 0 bridgehead atoms. The molecule has 0 spiro atoms. The van der Waals surface area contributed by atoms with Crippen LogP contribution in [0, 0.1) is 0 Å². The molecule has 0 fully saturated rings. The van der Waals surface area contributed by atoms with Gasteiger partial charge in [-0.15, -0.1) is 11.3 Å². The first-order chi connectivity index (χ1) is 10.7. The predicted molar refractivity (Wildman–Crippen MR) is 85.1 cm³/mol. The summed E-state index contributed by atoms with van der Waals surface area (Å²) in [5, 5.41) is 2.22. The summed E-state index contributed by atoms with van der Waals surface area (Å²) >= 11 is 7.58.